The van der Waals surface area contributed by atoms with Gasteiger partial charge in [0.2, 0.25) is 0 Å². The van der Waals surface area contributed by atoms with E-state index < -0.39 is 0 Å². The molecule has 1 unspecified atom stereocenters. The van der Waals surface area contributed by atoms with Gasteiger partial charge in [0.25, 0.3) is 0 Å². The zero-order valence-electron chi connectivity index (χ0n) is 9.18. The van der Waals surface area contributed by atoms with Gasteiger partial charge in [0.05, 0.1) is 0 Å². The van der Waals surface area contributed by atoms with Gasteiger partial charge in [-0.3, -0.25) is 0 Å². The van der Waals surface area contributed by atoms with Crippen LogP contribution in [0.1, 0.15) is 40.0 Å². The molecule has 0 fully saturated rings. The Morgan fingerprint density at radius 3 is 2.46 bits per heavy atom. The van der Waals surface area contributed by atoms with Gasteiger partial charge in [-0.05, 0) is 42.6 Å². The Labute approximate surface area is 92.8 Å². The summed E-state index contributed by atoms with van der Waals surface area (Å²) in [4.78, 5) is 0. The lowest BCUT2D eigenvalue weighted by molar-refractivity contribution is 0.417. The summed E-state index contributed by atoms with van der Waals surface area (Å²) in [7, 11) is 0. The van der Waals surface area contributed by atoms with Gasteiger partial charge < -0.3 is 0 Å². The molecular weight excluding hydrogens is 200 g/mol. The highest BCUT2D eigenvalue weighted by molar-refractivity contribution is 7.99. The van der Waals surface area contributed by atoms with E-state index in [1.54, 1.807) is 0 Å². The summed E-state index contributed by atoms with van der Waals surface area (Å²) in [6.45, 7) is 6.78. The quantitative estimate of drug-likeness (QED) is 0.433. The molecule has 0 rings (SSSR count). The number of alkyl halides is 1. The van der Waals surface area contributed by atoms with Gasteiger partial charge in [0, 0.05) is 5.88 Å². The van der Waals surface area contributed by atoms with Crippen LogP contribution in [0.4, 0.5) is 0 Å². The fourth-order valence-corrected chi connectivity index (χ4v) is 2.48. The second-order valence-electron chi connectivity index (χ2n) is 3.99. The predicted octanol–water partition coefficient (Wildman–Crippen LogP) is 4.42. The van der Waals surface area contributed by atoms with Crippen molar-refractivity contribution in [1.82, 2.24) is 0 Å². The minimum atomic E-state index is 0.749. The van der Waals surface area contributed by atoms with Gasteiger partial charge >= 0.3 is 0 Å². The van der Waals surface area contributed by atoms with E-state index >= 15 is 0 Å². The Morgan fingerprint density at radius 2 is 2.00 bits per heavy atom. The molecule has 0 aliphatic heterocycles. The second kappa shape index (κ2) is 9.21. The maximum atomic E-state index is 5.92. The number of halogens is 1. The molecule has 0 saturated heterocycles. The first kappa shape index (κ1) is 13.6. The Hall–Kier alpha value is 0.640. The second-order valence-corrected chi connectivity index (χ2v) is 5.69. The molecule has 0 nitrogen and oxygen atoms in total. The Morgan fingerprint density at radius 1 is 1.31 bits per heavy atom. The van der Waals surface area contributed by atoms with Gasteiger partial charge in [0.15, 0.2) is 0 Å². The topological polar surface area (TPSA) is 0 Å². The zero-order valence-corrected chi connectivity index (χ0v) is 10.8. The molecule has 0 N–H and O–H groups in total. The Kier molecular flexibility index (Phi) is 9.66. The van der Waals surface area contributed by atoms with Crippen LogP contribution < -0.4 is 0 Å². The van der Waals surface area contributed by atoms with Crippen LogP contribution in [0.2, 0.25) is 0 Å². The molecule has 0 amide bonds. The third-order valence-corrected chi connectivity index (χ3v) is 3.55. The van der Waals surface area contributed by atoms with E-state index in [0.717, 1.165) is 17.7 Å². The van der Waals surface area contributed by atoms with E-state index in [4.69, 9.17) is 11.6 Å². The molecular formula is C11H23ClS. The maximum Gasteiger partial charge on any atom is 0.0251 e. The molecule has 80 valence electrons. The molecule has 0 aromatic rings. The highest BCUT2D eigenvalue weighted by Crippen LogP contribution is 2.19. The van der Waals surface area contributed by atoms with E-state index in [-0.39, 0.29) is 0 Å². The molecule has 0 bridgehead atoms. The lowest BCUT2D eigenvalue weighted by Gasteiger charge is -2.15. The van der Waals surface area contributed by atoms with Crippen molar-refractivity contribution in [1.29, 1.82) is 0 Å². The van der Waals surface area contributed by atoms with Crippen molar-refractivity contribution in [3.8, 4) is 0 Å². The normalized spacial score (nSPS) is 13.6. The SMILES string of the molecule is CCSCCCC(CCl)CC(C)C. The highest BCUT2D eigenvalue weighted by atomic mass is 35.5. The molecule has 0 aromatic heterocycles. The van der Waals surface area contributed by atoms with Gasteiger partial charge in [-0.1, -0.05) is 20.8 Å². The predicted molar refractivity (Wildman–Crippen MR) is 65.9 cm³/mol. The van der Waals surface area contributed by atoms with Crippen LogP contribution in [0.3, 0.4) is 0 Å². The lowest BCUT2D eigenvalue weighted by Crippen LogP contribution is -2.06. The van der Waals surface area contributed by atoms with Crippen LogP contribution in [0.25, 0.3) is 0 Å². The van der Waals surface area contributed by atoms with Crippen molar-refractivity contribution >= 4 is 23.4 Å². The summed E-state index contributed by atoms with van der Waals surface area (Å²) in [5.41, 5.74) is 0. The molecule has 0 spiro atoms. The summed E-state index contributed by atoms with van der Waals surface area (Å²) in [6, 6.07) is 0. The summed E-state index contributed by atoms with van der Waals surface area (Å²) < 4.78 is 0. The summed E-state index contributed by atoms with van der Waals surface area (Å²) in [5, 5.41) is 0. The Bertz CT molecular complexity index is 104. The summed E-state index contributed by atoms with van der Waals surface area (Å²) >= 11 is 7.95. The minimum Gasteiger partial charge on any atom is -0.162 e. The average molecular weight is 223 g/mol. The van der Waals surface area contributed by atoms with E-state index in [1.165, 1.54) is 30.8 Å². The van der Waals surface area contributed by atoms with Crippen molar-refractivity contribution in [2.24, 2.45) is 11.8 Å². The van der Waals surface area contributed by atoms with Gasteiger partial charge in [0.1, 0.15) is 0 Å². The number of hydrogen-bond acceptors (Lipinski definition) is 1. The molecule has 0 saturated carbocycles. The fraction of sp³-hybridized carbons (Fsp3) is 1.00. The number of thioether (sulfide) groups is 1. The Balaban J connectivity index is 3.36. The molecule has 0 radical (unpaired) electrons. The molecule has 1 atom stereocenters. The van der Waals surface area contributed by atoms with E-state index in [0.29, 0.717) is 0 Å². The standard InChI is InChI=1S/C11H23ClS/c1-4-13-7-5-6-11(9-12)8-10(2)3/h10-11H,4-9H2,1-3H3. The number of rotatable bonds is 8. The van der Waals surface area contributed by atoms with E-state index in [9.17, 15) is 0 Å². The van der Waals surface area contributed by atoms with Crippen LogP contribution in [0.5, 0.6) is 0 Å². The zero-order chi connectivity index (χ0) is 10.1. The van der Waals surface area contributed by atoms with Crippen LogP contribution in [-0.2, 0) is 0 Å². The van der Waals surface area contributed by atoms with Crippen molar-refractivity contribution in [3.05, 3.63) is 0 Å². The largest absolute Gasteiger partial charge is 0.162 e. The van der Waals surface area contributed by atoms with E-state index in [1.807, 2.05) is 11.8 Å². The van der Waals surface area contributed by atoms with Crippen LogP contribution >= 0.6 is 23.4 Å². The van der Waals surface area contributed by atoms with Crippen molar-refractivity contribution < 1.29 is 0 Å². The van der Waals surface area contributed by atoms with Crippen molar-refractivity contribution in [2.45, 2.75) is 40.0 Å². The van der Waals surface area contributed by atoms with Crippen LogP contribution in [0, 0.1) is 11.8 Å². The first-order valence-electron chi connectivity index (χ1n) is 5.34. The monoisotopic (exact) mass is 222 g/mol. The van der Waals surface area contributed by atoms with Crippen LogP contribution in [-0.4, -0.2) is 17.4 Å². The van der Waals surface area contributed by atoms with Crippen LogP contribution in [0.15, 0.2) is 0 Å². The lowest BCUT2D eigenvalue weighted by atomic mass is 9.95. The van der Waals surface area contributed by atoms with Gasteiger partial charge in [-0.15, -0.1) is 11.6 Å². The third-order valence-electron chi connectivity index (χ3n) is 2.13. The van der Waals surface area contributed by atoms with Crippen molar-refractivity contribution in [3.63, 3.8) is 0 Å². The maximum absolute atomic E-state index is 5.92. The first-order valence-corrected chi connectivity index (χ1v) is 7.03. The third kappa shape index (κ3) is 8.96. The smallest absolute Gasteiger partial charge is 0.0251 e. The highest BCUT2D eigenvalue weighted by Gasteiger charge is 2.08. The first-order chi connectivity index (χ1) is 6.20. The van der Waals surface area contributed by atoms with Gasteiger partial charge in [-0.2, -0.15) is 11.8 Å². The summed E-state index contributed by atoms with van der Waals surface area (Å²) in [6.07, 6.45) is 3.94. The molecule has 13 heavy (non-hydrogen) atoms. The van der Waals surface area contributed by atoms with Gasteiger partial charge in [-0.25, -0.2) is 0 Å². The average Bonchev–Trinajstić information content (AvgIpc) is 2.09. The fourth-order valence-electron chi connectivity index (χ4n) is 1.54. The summed E-state index contributed by atoms with van der Waals surface area (Å²) in [5.74, 6) is 4.94. The molecule has 0 heterocycles. The minimum absolute atomic E-state index is 0.749. The molecule has 0 aliphatic carbocycles. The number of hydrogen-bond donors (Lipinski definition) is 0. The molecule has 0 aliphatic rings. The molecule has 2 heteroatoms. The molecule has 0 aromatic carbocycles. The van der Waals surface area contributed by atoms with E-state index in [2.05, 4.69) is 20.8 Å². The van der Waals surface area contributed by atoms with Crippen molar-refractivity contribution in [2.75, 3.05) is 17.4 Å².